The van der Waals surface area contributed by atoms with E-state index in [9.17, 15) is 9.59 Å². The molecule has 1 aromatic carbocycles. The van der Waals surface area contributed by atoms with Gasteiger partial charge in [-0.2, -0.15) is 15.5 Å². The third-order valence-electron chi connectivity index (χ3n) is 6.28. The van der Waals surface area contributed by atoms with Crippen LogP contribution in [0.2, 0.25) is 0 Å². The number of aryl methyl sites for hydroxylation is 1. The van der Waals surface area contributed by atoms with Crippen LogP contribution in [0.5, 0.6) is 0 Å². The van der Waals surface area contributed by atoms with Crippen LogP contribution in [0.1, 0.15) is 80.7 Å². The monoisotopic (exact) mass is 475 g/mol. The molecule has 1 saturated carbocycles. The van der Waals surface area contributed by atoms with Gasteiger partial charge in [-0.05, 0) is 43.2 Å². The molecular weight excluding hydrogens is 442 g/mol. The van der Waals surface area contributed by atoms with Crippen molar-refractivity contribution < 1.29 is 9.59 Å². The molecule has 0 bridgehead atoms. The van der Waals surface area contributed by atoms with E-state index in [1.807, 2.05) is 55.8 Å². The van der Waals surface area contributed by atoms with Gasteiger partial charge in [0.05, 0.1) is 29.5 Å². The fourth-order valence-electron chi connectivity index (χ4n) is 4.15. The van der Waals surface area contributed by atoms with Crippen LogP contribution in [-0.2, 0) is 17.9 Å². The number of fused-ring (bicyclic) bond motifs is 1. The van der Waals surface area contributed by atoms with E-state index in [0.29, 0.717) is 31.1 Å². The molecule has 0 radical (unpaired) electrons. The van der Waals surface area contributed by atoms with Gasteiger partial charge in [0.2, 0.25) is 5.91 Å². The Morgan fingerprint density at radius 2 is 2.03 bits per heavy atom. The van der Waals surface area contributed by atoms with Crippen LogP contribution in [0.25, 0.3) is 10.9 Å². The molecule has 3 aromatic rings. The van der Waals surface area contributed by atoms with Crippen LogP contribution in [0.4, 0.5) is 0 Å². The summed E-state index contributed by atoms with van der Waals surface area (Å²) in [4.78, 5) is 26.5. The zero-order valence-electron chi connectivity index (χ0n) is 20.6. The number of H-pyrrole nitrogens is 1. The molecule has 1 aliphatic carbocycles. The Bertz CT molecular complexity index is 1240. The second-order valence-corrected chi connectivity index (χ2v) is 10.3. The highest BCUT2D eigenvalue weighted by molar-refractivity contribution is 6.06. The molecule has 1 fully saturated rings. The molecule has 2 aromatic heterocycles. The number of amides is 2. The highest BCUT2D eigenvalue weighted by Crippen LogP contribution is 2.39. The number of nitriles is 1. The Morgan fingerprint density at radius 1 is 1.26 bits per heavy atom. The number of rotatable bonds is 10. The van der Waals surface area contributed by atoms with Crippen molar-refractivity contribution in [3.05, 3.63) is 47.4 Å². The van der Waals surface area contributed by atoms with Crippen molar-refractivity contribution in [3.8, 4) is 6.07 Å². The fraction of sp³-hybridized carbons (Fsp3) is 0.500. The number of para-hydroxylation sites is 1. The van der Waals surface area contributed by atoms with Gasteiger partial charge in [-0.15, -0.1) is 0 Å². The largest absolute Gasteiger partial charge is 0.349 e. The number of nitrogens with zero attached hydrogens (tertiary/aromatic N) is 4. The molecule has 2 amide bonds. The number of aromatic nitrogens is 4. The molecule has 1 aliphatic rings. The van der Waals surface area contributed by atoms with E-state index in [1.54, 1.807) is 0 Å². The Morgan fingerprint density at radius 3 is 2.74 bits per heavy atom. The number of nitrogens with one attached hydrogen (secondary N) is 3. The Labute approximate surface area is 205 Å². The number of unbranched alkanes of at least 4 members (excludes halogenated alkanes) is 2. The van der Waals surface area contributed by atoms with Gasteiger partial charge in [-0.1, -0.05) is 39.0 Å². The molecule has 9 heteroatoms. The minimum atomic E-state index is -0.750. The molecule has 35 heavy (non-hydrogen) atoms. The lowest BCUT2D eigenvalue weighted by atomic mass is 9.86. The van der Waals surface area contributed by atoms with Crippen LogP contribution < -0.4 is 10.6 Å². The first kappa shape index (κ1) is 24.5. The number of carbonyl (C=O) groups is 2. The van der Waals surface area contributed by atoms with Crippen LogP contribution in [0.15, 0.2) is 30.3 Å². The zero-order chi connectivity index (χ0) is 25.0. The third kappa shape index (κ3) is 5.88. The molecule has 1 atom stereocenters. The van der Waals surface area contributed by atoms with Crippen LogP contribution in [0, 0.1) is 16.7 Å². The number of carbonyl (C=O) groups excluding carboxylic acids is 2. The number of hydrogen-bond acceptors (Lipinski definition) is 5. The average molecular weight is 476 g/mol. The molecule has 184 valence electrons. The van der Waals surface area contributed by atoms with E-state index in [1.165, 1.54) is 12.8 Å². The summed E-state index contributed by atoms with van der Waals surface area (Å²) < 4.78 is 1.81. The molecule has 4 rings (SSSR count). The summed E-state index contributed by atoms with van der Waals surface area (Å²) >= 11 is 0. The Kier molecular flexibility index (Phi) is 7.20. The predicted octanol–water partition coefficient (Wildman–Crippen LogP) is 3.79. The van der Waals surface area contributed by atoms with Gasteiger partial charge in [0, 0.05) is 24.3 Å². The van der Waals surface area contributed by atoms with Crippen molar-refractivity contribution >= 4 is 22.7 Å². The second kappa shape index (κ2) is 10.3. The third-order valence-corrected chi connectivity index (χ3v) is 6.28. The maximum atomic E-state index is 13.3. The molecule has 0 saturated heterocycles. The van der Waals surface area contributed by atoms with Crippen LogP contribution in [0.3, 0.4) is 0 Å². The highest BCUT2D eigenvalue weighted by Gasteiger charge is 2.34. The maximum absolute atomic E-state index is 13.3. The quantitative estimate of drug-likeness (QED) is 0.384. The van der Waals surface area contributed by atoms with E-state index >= 15 is 0 Å². The van der Waals surface area contributed by atoms with Gasteiger partial charge in [0.15, 0.2) is 5.69 Å². The molecule has 0 spiro atoms. The van der Waals surface area contributed by atoms with Gasteiger partial charge in [-0.3, -0.25) is 19.4 Å². The van der Waals surface area contributed by atoms with Crippen molar-refractivity contribution in [1.29, 1.82) is 5.26 Å². The summed E-state index contributed by atoms with van der Waals surface area (Å²) in [7, 11) is 0. The Balaban J connectivity index is 1.47. The minimum absolute atomic E-state index is 0.256. The lowest BCUT2D eigenvalue weighted by Gasteiger charge is -2.30. The standard InChI is InChI=1S/C26H33N7O2/c1-26(2,3)23(25(35)28-16-18-15-20(31-30-18)17-11-12-17)29-24(34)22-19-9-5-6-10-21(19)33(32-22)14-8-4-7-13-27/h5-6,9-10,15,17,23H,4,7-8,11-12,14,16H2,1-3H3,(H,28,35)(H,29,34)(H,30,31). The topological polar surface area (TPSA) is 128 Å². The maximum Gasteiger partial charge on any atom is 0.273 e. The first-order valence-electron chi connectivity index (χ1n) is 12.2. The smallest absolute Gasteiger partial charge is 0.273 e. The summed E-state index contributed by atoms with van der Waals surface area (Å²) in [6.07, 6.45) is 4.40. The van der Waals surface area contributed by atoms with Gasteiger partial charge >= 0.3 is 0 Å². The fourth-order valence-corrected chi connectivity index (χ4v) is 4.15. The first-order valence-corrected chi connectivity index (χ1v) is 12.2. The Hall–Kier alpha value is -3.67. The van der Waals surface area contributed by atoms with Crippen LogP contribution >= 0.6 is 0 Å². The van der Waals surface area contributed by atoms with Gasteiger partial charge in [0.1, 0.15) is 6.04 Å². The lowest BCUT2D eigenvalue weighted by molar-refractivity contribution is -0.125. The summed E-state index contributed by atoms with van der Waals surface area (Å²) in [5.41, 5.74) is 2.54. The first-order chi connectivity index (χ1) is 16.8. The molecular formula is C26H33N7O2. The van der Waals surface area contributed by atoms with E-state index in [0.717, 1.165) is 35.1 Å². The normalized spacial score (nSPS) is 14.5. The molecule has 1 unspecified atom stereocenters. The minimum Gasteiger partial charge on any atom is -0.349 e. The molecule has 3 N–H and O–H groups in total. The van der Waals surface area contributed by atoms with E-state index in [-0.39, 0.29) is 11.8 Å². The van der Waals surface area contributed by atoms with E-state index < -0.39 is 11.5 Å². The lowest BCUT2D eigenvalue weighted by Crippen LogP contribution is -2.53. The number of hydrogen-bond donors (Lipinski definition) is 3. The second-order valence-electron chi connectivity index (χ2n) is 10.3. The SMILES string of the molecule is CC(C)(C)C(NC(=O)c1nn(CCCCC#N)c2ccccc12)C(=O)NCc1cc(C2CC2)n[nH]1. The number of benzene rings is 1. The summed E-state index contributed by atoms with van der Waals surface area (Å²) in [6.45, 7) is 6.70. The van der Waals surface area contributed by atoms with Gasteiger partial charge in [0.25, 0.3) is 5.91 Å². The van der Waals surface area contributed by atoms with Crippen molar-refractivity contribution in [2.24, 2.45) is 5.41 Å². The van der Waals surface area contributed by atoms with Gasteiger partial charge < -0.3 is 10.6 Å². The van der Waals surface area contributed by atoms with Crippen molar-refractivity contribution in [2.75, 3.05) is 0 Å². The van der Waals surface area contributed by atoms with Crippen molar-refractivity contribution in [2.45, 2.75) is 77.9 Å². The molecule has 9 nitrogen and oxygen atoms in total. The van der Waals surface area contributed by atoms with Crippen molar-refractivity contribution in [1.82, 2.24) is 30.6 Å². The number of aromatic amines is 1. The molecule has 2 heterocycles. The van der Waals surface area contributed by atoms with Crippen LogP contribution in [-0.4, -0.2) is 37.8 Å². The average Bonchev–Trinajstić information content (AvgIpc) is 3.45. The van der Waals surface area contributed by atoms with E-state index in [4.69, 9.17) is 5.26 Å². The van der Waals surface area contributed by atoms with Gasteiger partial charge in [-0.25, -0.2) is 0 Å². The van der Waals surface area contributed by atoms with Crippen molar-refractivity contribution in [3.63, 3.8) is 0 Å². The van der Waals surface area contributed by atoms with E-state index in [2.05, 4.69) is 32.0 Å². The zero-order valence-corrected chi connectivity index (χ0v) is 20.6. The summed E-state index contributed by atoms with van der Waals surface area (Å²) in [5.74, 6) is -0.100. The highest BCUT2D eigenvalue weighted by atomic mass is 16.2. The summed E-state index contributed by atoms with van der Waals surface area (Å²) in [5, 5.41) is 27.3. The predicted molar refractivity (Wildman–Crippen MR) is 132 cm³/mol. The molecule has 0 aliphatic heterocycles. The summed E-state index contributed by atoms with van der Waals surface area (Å²) in [6, 6.07) is 11.0.